The lowest BCUT2D eigenvalue weighted by Crippen LogP contribution is -2.22. The smallest absolute Gasteiger partial charge is 0.314 e. The van der Waals surface area contributed by atoms with Gasteiger partial charge in [0.2, 0.25) is 5.88 Å². The van der Waals surface area contributed by atoms with Crippen LogP contribution in [0.5, 0.6) is 5.88 Å². The number of carboxylic acid groups (broad SMARTS) is 1. The van der Waals surface area contributed by atoms with E-state index in [9.17, 15) is 9.90 Å². The summed E-state index contributed by atoms with van der Waals surface area (Å²) in [5, 5.41) is 9.59. The van der Waals surface area contributed by atoms with Crippen LogP contribution < -0.4 is 4.74 Å². The fourth-order valence-electron chi connectivity index (χ4n) is 3.10. The summed E-state index contributed by atoms with van der Waals surface area (Å²) in [5.41, 5.74) is 1.29. The number of hydrogen-bond donors (Lipinski definition) is 1. The van der Waals surface area contributed by atoms with Crippen LogP contribution in [0.4, 0.5) is 0 Å². The largest absolute Gasteiger partial charge is 0.481 e. The van der Waals surface area contributed by atoms with Gasteiger partial charge in [-0.1, -0.05) is 6.42 Å². The summed E-state index contributed by atoms with van der Waals surface area (Å²) < 4.78 is 5.85. The Bertz CT molecular complexity index is 571. The molecule has 0 spiro atoms. The first-order valence-electron chi connectivity index (χ1n) is 8.06. The molecule has 1 aromatic rings. The summed E-state index contributed by atoms with van der Waals surface area (Å²) in [6.45, 7) is 0.679. The van der Waals surface area contributed by atoms with E-state index in [1.807, 2.05) is 6.20 Å². The Morgan fingerprint density at radius 3 is 2.62 bits per heavy atom. The fourth-order valence-corrected chi connectivity index (χ4v) is 3.10. The van der Waals surface area contributed by atoms with Crippen LogP contribution in [0, 0.1) is 5.92 Å². The number of aromatic nitrogens is 1. The van der Waals surface area contributed by atoms with Gasteiger partial charge < -0.3 is 9.84 Å². The number of pyridine rings is 1. The quantitative estimate of drug-likeness (QED) is 0.872. The normalized spacial score (nSPS) is 23.4. The maximum atomic E-state index is 11.7. The number of nitrogens with zero attached hydrogens (tertiary/aromatic N) is 1. The van der Waals surface area contributed by atoms with Crippen LogP contribution in [0.3, 0.4) is 0 Å². The van der Waals surface area contributed by atoms with Crippen molar-refractivity contribution >= 4 is 5.97 Å². The number of carboxylic acids is 1. The van der Waals surface area contributed by atoms with Crippen molar-refractivity contribution in [2.45, 2.75) is 56.3 Å². The van der Waals surface area contributed by atoms with Crippen molar-refractivity contribution in [3.63, 3.8) is 0 Å². The van der Waals surface area contributed by atoms with E-state index in [0.717, 1.165) is 5.56 Å². The first-order valence-corrected chi connectivity index (χ1v) is 8.06. The summed E-state index contributed by atoms with van der Waals surface area (Å²) >= 11 is 0. The van der Waals surface area contributed by atoms with Crippen molar-refractivity contribution < 1.29 is 14.6 Å². The zero-order valence-electron chi connectivity index (χ0n) is 12.2. The highest BCUT2D eigenvalue weighted by Crippen LogP contribution is 2.52. The molecule has 4 nitrogen and oxygen atoms in total. The standard InChI is InChI=1S/C17H21NO3/c19-16(20)17(6-7-17)14-8-13(12-2-1-3-12)9-18-15(14)21-10-11-4-5-11/h8-9,11-12H,1-7,10H2,(H,19,20). The minimum absolute atomic E-state index is 0.560. The molecular formula is C17H21NO3. The number of ether oxygens (including phenoxy) is 1. The van der Waals surface area contributed by atoms with Gasteiger partial charge in [-0.05, 0) is 62.0 Å². The molecule has 3 aliphatic rings. The average molecular weight is 287 g/mol. The van der Waals surface area contributed by atoms with Crippen LogP contribution in [0.1, 0.15) is 62.0 Å². The molecule has 0 saturated heterocycles. The number of hydrogen-bond acceptors (Lipinski definition) is 3. The maximum Gasteiger partial charge on any atom is 0.314 e. The molecule has 3 saturated carbocycles. The third-order valence-corrected chi connectivity index (χ3v) is 5.28. The van der Waals surface area contributed by atoms with E-state index in [4.69, 9.17) is 4.74 Å². The minimum Gasteiger partial charge on any atom is -0.481 e. The van der Waals surface area contributed by atoms with E-state index < -0.39 is 11.4 Å². The molecule has 4 rings (SSSR count). The molecule has 3 aliphatic carbocycles. The fraction of sp³-hybridized carbons (Fsp3) is 0.647. The highest BCUT2D eigenvalue weighted by Gasteiger charge is 2.54. The third kappa shape index (κ3) is 2.30. The van der Waals surface area contributed by atoms with E-state index in [-0.39, 0.29) is 0 Å². The Morgan fingerprint density at radius 2 is 2.10 bits per heavy atom. The molecule has 0 unspecified atom stereocenters. The van der Waals surface area contributed by atoms with Crippen LogP contribution in [0.25, 0.3) is 0 Å². The van der Waals surface area contributed by atoms with E-state index in [1.165, 1.54) is 37.7 Å². The van der Waals surface area contributed by atoms with Crippen molar-refractivity contribution in [3.05, 3.63) is 23.4 Å². The molecule has 0 aromatic carbocycles. The van der Waals surface area contributed by atoms with Gasteiger partial charge in [-0.15, -0.1) is 0 Å². The predicted octanol–water partition coefficient (Wildman–Crippen LogP) is 3.25. The first-order chi connectivity index (χ1) is 10.2. The van der Waals surface area contributed by atoms with Gasteiger partial charge in [-0.25, -0.2) is 4.98 Å². The van der Waals surface area contributed by atoms with Crippen molar-refractivity contribution in [1.29, 1.82) is 0 Å². The Labute approximate surface area is 124 Å². The Morgan fingerprint density at radius 1 is 1.33 bits per heavy atom. The van der Waals surface area contributed by atoms with Crippen LogP contribution in [0.15, 0.2) is 12.3 Å². The molecule has 0 amide bonds. The summed E-state index contributed by atoms with van der Waals surface area (Å²) in [7, 11) is 0. The van der Waals surface area contributed by atoms with Gasteiger partial charge in [0, 0.05) is 11.8 Å². The number of carbonyl (C=O) groups is 1. The van der Waals surface area contributed by atoms with Crippen molar-refractivity contribution in [3.8, 4) is 5.88 Å². The molecule has 0 atom stereocenters. The molecular weight excluding hydrogens is 266 g/mol. The molecule has 3 fully saturated rings. The average Bonchev–Trinajstić information content (AvgIpc) is 3.28. The van der Waals surface area contributed by atoms with Crippen LogP contribution >= 0.6 is 0 Å². The second-order valence-electron chi connectivity index (χ2n) is 6.89. The number of aliphatic carboxylic acids is 1. The van der Waals surface area contributed by atoms with Crippen molar-refractivity contribution in [1.82, 2.24) is 4.98 Å². The predicted molar refractivity (Wildman–Crippen MR) is 77.6 cm³/mol. The Hall–Kier alpha value is -1.58. The maximum absolute atomic E-state index is 11.7. The topological polar surface area (TPSA) is 59.4 Å². The molecule has 21 heavy (non-hydrogen) atoms. The van der Waals surface area contributed by atoms with Crippen LogP contribution in [0.2, 0.25) is 0 Å². The molecule has 1 aromatic heterocycles. The van der Waals surface area contributed by atoms with Gasteiger partial charge in [0.15, 0.2) is 0 Å². The van der Waals surface area contributed by atoms with Crippen LogP contribution in [-0.2, 0) is 10.2 Å². The highest BCUT2D eigenvalue weighted by atomic mass is 16.5. The first kappa shape index (κ1) is 13.1. The summed E-state index contributed by atoms with van der Waals surface area (Å²) in [5.74, 6) is 1.04. The SMILES string of the molecule is O=C(O)C1(c2cc(C3CCC3)cnc2OCC2CC2)CC1. The molecule has 0 bridgehead atoms. The summed E-state index contributed by atoms with van der Waals surface area (Å²) in [6, 6.07) is 2.07. The minimum atomic E-state index is -0.731. The zero-order chi connectivity index (χ0) is 14.4. The summed E-state index contributed by atoms with van der Waals surface area (Å²) in [4.78, 5) is 16.2. The molecule has 1 heterocycles. The number of rotatable bonds is 6. The van der Waals surface area contributed by atoms with E-state index in [1.54, 1.807) is 0 Å². The van der Waals surface area contributed by atoms with Gasteiger partial charge in [-0.2, -0.15) is 0 Å². The summed E-state index contributed by atoms with van der Waals surface area (Å²) in [6.07, 6.45) is 9.42. The Balaban J connectivity index is 1.66. The van der Waals surface area contributed by atoms with Gasteiger partial charge in [-0.3, -0.25) is 4.79 Å². The lowest BCUT2D eigenvalue weighted by molar-refractivity contribution is -0.140. The Kier molecular flexibility index (Phi) is 2.95. The molecule has 112 valence electrons. The van der Waals surface area contributed by atoms with E-state index in [0.29, 0.717) is 37.2 Å². The monoisotopic (exact) mass is 287 g/mol. The third-order valence-electron chi connectivity index (χ3n) is 5.28. The van der Waals surface area contributed by atoms with E-state index in [2.05, 4.69) is 11.1 Å². The van der Waals surface area contributed by atoms with E-state index >= 15 is 0 Å². The second-order valence-corrected chi connectivity index (χ2v) is 6.89. The van der Waals surface area contributed by atoms with Gasteiger partial charge in [0.25, 0.3) is 0 Å². The van der Waals surface area contributed by atoms with Gasteiger partial charge in [0.1, 0.15) is 0 Å². The molecule has 0 aliphatic heterocycles. The van der Waals surface area contributed by atoms with Crippen molar-refractivity contribution in [2.24, 2.45) is 5.92 Å². The van der Waals surface area contributed by atoms with Crippen LogP contribution in [-0.4, -0.2) is 22.7 Å². The molecule has 0 radical (unpaired) electrons. The van der Waals surface area contributed by atoms with Crippen molar-refractivity contribution in [2.75, 3.05) is 6.61 Å². The highest BCUT2D eigenvalue weighted by molar-refractivity contribution is 5.85. The van der Waals surface area contributed by atoms with Gasteiger partial charge in [0.05, 0.1) is 12.0 Å². The zero-order valence-corrected chi connectivity index (χ0v) is 12.2. The molecule has 4 heteroatoms. The van der Waals surface area contributed by atoms with Gasteiger partial charge >= 0.3 is 5.97 Å². The lowest BCUT2D eigenvalue weighted by atomic mass is 9.79. The molecule has 1 N–H and O–H groups in total. The second kappa shape index (κ2) is 4.72. The lowest BCUT2D eigenvalue weighted by Gasteiger charge is -2.27.